The van der Waals surface area contributed by atoms with Crippen LogP contribution in [0.4, 0.5) is 5.69 Å². The van der Waals surface area contributed by atoms with Crippen molar-refractivity contribution < 1.29 is 15.0 Å². The van der Waals surface area contributed by atoms with Crippen molar-refractivity contribution in [2.24, 2.45) is 12.1 Å². The fourth-order valence-corrected chi connectivity index (χ4v) is 3.40. The standard InChI is InChI=1S/C23H25N5O3S/c1-4-5-15-6-8-16(9-7-15)20-21(29)19(27-28(20)3)14(2)25-26-23(32)24-18-12-10-17(11-13-18)22(30)31/h6-13,29H,4-5H2,1-3H3,(H,30,31)(H2,24,26,32)/b25-14+. The molecule has 8 nitrogen and oxygen atoms in total. The summed E-state index contributed by atoms with van der Waals surface area (Å²) in [5.41, 5.74) is 7.05. The van der Waals surface area contributed by atoms with Crippen molar-refractivity contribution >= 4 is 34.7 Å². The number of aromatic hydroxyl groups is 1. The smallest absolute Gasteiger partial charge is 0.335 e. The minimum atomic E-state index is -0.996. The van der Waals surface area contributed by atoms with Crippen LogP contribution in [0.15, 0.2) is 53.6 Å². The number of aryl methyl sites for hydroxylation is 2. The van der Waals surface area contributed by atoms with E-state index in [9.17, 15) is 9.90 Å². The number of hydrogen-bond donors (Lipinski definition) is 4. The number of nitrogens with one attached hydrogen (secondary N) is 2. The summed E-state index contributed by atoms with van der Waals surface area (Å²) in [5, 5.41) is 31.5. The topological polar surface area (TPSA) is 112 Å². The number of carbonyl (C=O) groups is 1. The monoisotopic (exact) mass is 451 g/mol. The highest BCUT2D eigenvalue weighted by Gasteiger charge is 2.19. The van der Waals surface area contributed by atoms with E-state index in [4.69, 9.17) is 17.3 Å². The van der Waals surface area contributed by atoms with Gasteiger partial charge in [0.25, 0.3) is 0 Å². The number of nitrogens with zero attached hydrogens (tertiary/aromatic N) is 3. The van der Waals surface area contributed by atoms with E-state index in [1.165, 1.54) is 17.7 Å². The van der Waals surface area contributed by atoms with E-state index < -0.39 is 5.97 Å². The molecule has 0 amide bonds. The number of benzene rings is 2. The Morgan fingerprint density at radius 3 is 2.41 bits per heavy atom. The van der Waals surface area contributed by atoms with E-state index in [1.54, 1.807) is 30.8 Å². The van der Waals surface area contributed by atoms with Crippen LogP contribution in [0.25, 0.3) is 11.3 Å². The molecule has 0 saturated heterocycles. The molecule has 0 radical (unpaired) electrons. The van der Waals surface area contributed by atoms with Gasteiger partial charge in [0.2, 0.25) is 0 Å². The van der Waals surface area contributed by atoms with Crippen LogP contribution in [0.5, 0.6) is 5.75 Å². The highest BCUT2D eigenvalue weighted by atomic mass is 32.1. The third kappa shape index (κ3) is 5.30. The van der Waals surface area contributed by atoms with Crippen molar-refractivity contribution in [2.75, 3.05) is 5.32 Å². The van der Waals surface area contributed by atoms with E-state index in [0.29, 0.717) is 22.8 Å². The molecular weight excluding hydrogens is 426 g/mol. The number of carboxylic acid groups (broad SMARTS) is 1. The number of aromatic carboxylic acids is 1. The first-order chi connectivity index (χ1) is 15.3. The van der Waals surface area contributed by atoms with Crippen LogP contribution in [0, 0.1) is 0 Å². The summed E-state index contributed by atoms with van der Waals surface area (Å²) < 4.78 is 1.62. The number of hydrazone groups is 1. The van der Waals surface area contributed by atoms with Crippen molar-refractivity contribution in [3.05, 3.63) is 65.4 Å². The number of aromatic nitrogens is 2. The highest BCUT2D eigenvalue weighted by molar-refractivity contribution is 7.80. The van der Waals surface area contributed by atoms with Gasteiger partial charge in [-0.2, -0.15) is 10.2 Å². The summed E-state index contributed by atoms with van der Waals surface area (Å²) in [6, 6.07) is 14.2. The van der Waals surface area contributed by atoms with Crippen molar-refractivity contribution in [1.29, 1.82) is 0 Å². The third-order valence-corrected chi connectivity index (χ3v) is 5.04. The SMILES string of the molecule is CCCc1ccc(-c2c(O)c(/C(C)=N/NC(=S)Nc3ccc(C(=O)O)cc3)nn2C)cc1. The molecule has 4 N–H and O–H groups in total. The molecule has 0 atom stereocenters. The van der Waals surface area contributed by atoms with Gasteiger partial charge in [0.1, 0.15) is 5.69 Å². The largest absolute Gasteiger partial charge is 0.504 e. The molecule has 0 aliphatic carbocycles. The van der Waals surface area contributed by atoms with Gasteiger partial charge in [-0.25, -0.2) is 4.79 Å². The van der Waals surface area contributed by atoms with Crippen LogP contribution in [0.3, 0.4) is 0 Å². The lowest BCUT2D eigenvalue weighted by molar-refractivity contribution is 0.0697. The molecule has 1 heterocycles. The number of anilines is 1. The van der Waals surface area contributed by atoms with E-state index in [2.05, 4.69) is 40.0 Å². The maximum absolute atomic E-state index is 10.9. The third-order valence-electron chi connectivity index (χ3n) is 4.85. The number of thiocarbonyl (C=S) groups is 1. The van der Waals surface area contributed by atoms with E-state index >= 15 is 0 Å². The first kappa shape index (κ1) is 23.0. The van der Waals surface area contributed by atoms with Gasteiger partial charge >= 0.3 is 5.97 Å². The molecule has 9 heteroatoms. The summed E-state index contributed by atoms with van der Waals surface area (Å²) in [4.78, 5) is 10.9. The zero-order valence-corrected chi connectivity index (χ0v) is 18.9. The zero-order chi connectivity index (χ0) is 23.3. The first-order valence-corrected chi connectivity index (χ1v) is 10.5. The summed E-state index contributed by atoms with van der Waals surface area (Å²) in [7, 11) is 1.77. The Morgan fingerprint density at radius 1 is 1.16 bits per heavy atom. The summed E-state index contributed by atoms with van der Waals surface area (Å²) >= 11 is 5.23. The second kappa shape index (κ2) is 10.1. The quantitative estimate of drug-likeness (QED) is 0.242. The molecule has 0 unspecified atom stereocenters. The number of hydrogen-bond acceptors (Lipinski definition) is 5. The normalized spacial score (nSPS) is 11.3. The fraction of sp³-hybridized carbons (Fsp3) is 0.217. The van der Waals surface area contributed by atoms with Crippen molar-refractivity contribution in [3.63, 3.8) is 0 Å². The molecule has 32 heavy (non-hydrogen) atoms. The molecule has 1 aromatic heterocycles. The van der Waals surface area contributed by atoms with Crippen LogP contribution in [-0.4, -0.2) is 36.8 Å². The van der Waals surface area contributed by atoms with Crippen LogP contribution in [0.2, 0.25) is 0 Å². The van der Waals surface area contributed by atoms with Gasteiger partial charge in [0.15, 0.2) is 16.6 Å². The predicted octanol–water partition coefficient (Wildman–Crippen LogP) is 4.15. The minimum absolute atomic E-state index is 0.0435. The Hall–Kier alpha value is -3.72. The van der Waals surface area contributed by atoms with E-state index in [-0.39, 0.29) is 16.4 Å². The fourth-order valence-electron chi connectivity index (χ4n) is 3.24. The molecular formula is C23H25N5O3S. The summed E-state index contributed by atoms with van der Waals surface area (Å²) in [6.45, 7) is 3.85. The molecule has 3 aromatic rings. The Bertz CT molecular complexity index is 1150. The van der Waals surface area contributed by atoms with Gasteiger partial charge in [-0.1, -0.05) is 37.6 Å². The molecule has 3 rings (SSSR count). The molecule has 166 valence electrons. The second-order valence-electron chi connectivity index (χ2n) is 7.26. The van der Waals surface area contributed by atoms with Crippen molar-refractivity contribution in [3.8, 4) is 17.0 Å². The Kier molecular flexibility index (Phi) is 7.21. The lowest BCUT2D eigenvalue weighted by atomic mass is 10.0. The van der Waals surface area contributed by atoms with Crippen LogP contribution in [0.1, 0.15) is 41.9 Å². The van der Waals surface area contributed by atoms with E-state index in [0.717, 1.165) is 18.4 Å². The Balaban J connectivity index is 1.71. The van der Waals surface area contributed by atoms with Crippen LogP contribution < -0.4 is 10.7 Å². The number of rotatable bonds is 7. The average molecular weight is 452 g/mol. The van der Waals surface area contributed by atoms with Crippen molar-refractivity contribution in [1.82, 2.24) is 15.2 Å². The van der Waals surface area contributed by atoms with Gasteiger partial charge in [0, 0.05) is 18.3 Å². The van der Waals surface area contributed by atoms with Gasteiger partial charge in [0.05, 0.1) is 11.3 Å². The summed E-state index contributed by atoms with van der Waals surface area (Å²) in [6.07, 6.45) is 2.09. The van der Waals surface area contributed by atoms with Crippen molar-refractivity contribution in [2.45, 2.75) is 26.7 Å². The number of carboxylic acids is 1. The lowest BCUT2D eigenvalue weighted by Crippen LogP contribution is -2.25. The minimum Gasteiger partial charge on any atom is -0.504 e. The molecule has 0 bridgehead atoms. The Morgan fingerprint density at radius 2 is 1.81 bits per heavy atom. The highest BCUT2D eigenvalue weighted by Crippen LogP contribution is 2.32. The average Bonchev–Trinajstić information content (AvgIpc) is 3.07. The van der Waals surface area contributed by atoms with Gasteiger partial charge in [-0.15, -0.1) is 0 Å². The Labute approximate surface area is 191 Å². The maximum Gasteiger partial charge on any atom is 0.335 e. The summed E-state index contributed by atoms with van der Waals surface area (Å²) in [5.74, 6) is -0.953. The molecule has 0 fully saturated rings. The predicted molar refractivity (Wildman–Crippen MR) is 129 cm³/mol. The lowest BCUT2D eigenvalue weighted by Gasteiger charge is -2.08. The van der Waals surface area contributed by atoms with E-state index in [1.807, 2.05) is 12.1 Å². The van der Waals surface area contributed by atoms with Crippen LogP contribution >= 0.6 is 12.2 Å². The molecule has 2 aromatic carbocycles. The first-order valence-electron chi connectivity index (χ1n) is 10.1. The zero-order valence-electron chi connectivity index (χ0n) is 18.1. The molecule has 0 aliphatic rings. The molecule has 0 saturated carbocycles. The van der Waals surface area contributed by atoms with Gasteiger partial charge < -0.3 is 15.5 Å². The second-order valence-corrected chi connectivity index (χ2v) is 7.67. The molecule has 0 aliphatic heterocycles. The van der Waals surface area contributed by atoms with Crippen LogP contribution in [-0.2, 0) is 13.5 Å². The maximum atomic E-state index is 10.9. The molecule has 0 spiro atoms. The van der Waals surface area contributed by atoms with Gasteiger partial charge in [-0.3, -0.25) is 10.1 Å². The van der Waals surface area contributed by atoms with Gasteiger partial charge in [-0.05, 0) is 55.4 Å².